The summed E-state index contributed by atoms with van der Waals surface area (Å²) in [6.07, 6.45) is 5.28. The van der Waals surface area contributed by atoms with Crippen LogP contribution in [0.2, 0.25) is 0 Å². The number of nitrogens with one attached hydrogen (secondary N) is 1. The van der Waals surface area contributed by atoms with E-state index in [2.05, 4.69) is 5.32 Å². The Morgan fingerprint density at radius 1 is 1.24 bits per heavy atom. The number of nitrogens with zero attached hydrogens (tertiary/aromatic N) is 2. The Bertz CT molecular complexity index is 891. The van der Waals surface area contributed by atoms with Crippen LogP contribution in [-0.2, 0) is 11.3 Å². The van der Waals surface area contributed by atoms with Gasteiger partial charge in [-0.3, -0.25) is 9.59 Å². The van der Waals surface area contributed by atoms with E-state index in [1.807, 2.05) is 0 Å². The number of hydrogen-bond acceptors (Lipinski definition) is 3. The Morgan fingerprint density at radius 2 is 2.07 bits per heavy atom. The van der Waals surface area contributed by atoms with Crippen LogP contribution in [0, 0.1) is 22.8 Å². The molecule has 1 aromatic carbocycles. The van der Waals surface area contributed by atoms with E-state index < -0.39 is 11.6 Å². The molecular weight excluding hydrogens is 380 g/mol. The van der Waals surface area contributed by atoms with Crippen LogP contribution in [-0.4, -0.2) is 29.8 Å². The maximum Gasteiger partial charge on any atom is 0.259 e. The Labute approximate surface area is 167 Å². The highest BCUT2D eigenvalue weighted by Gasteiger charge is 2.25. The lowest BCUT2D eigenvalue weighted by Gasteiger charge is -2.32. The van der Waals surface area contributed by atoms with Gasteiger partial charge >= 0.3 is 0 Å². The van der Waals surface area contributed by atoms with Gasteiger partial charge in [0.2, 0.25) is 5.91 Å². The molecule has 154 valence electrons. The Kier molecular flexibility index (Phi) is 6.74. The summed E-state index contributed by atoms with van der Waals surface area (Å²) in [5, 5.41) is 14.1. The third kappa shape index (κ3) is 5.73. The van der Waals surface area contributed by atoms with Gasteiger partial charge in [0.15, 0.2) is 24.0 Å². The van der Waals surface area contributed by atoms with E-state index in [-0.39, 0.29) is 24.3 Å². The van der Waals surface area contributed by atoms with Crippen molar-refractivity contribution in [1.29, 1.82) is 0 Å². The molecule has 6 nitrogen and oxygen atoms in total. The molecule has 0 spiro atoms. The summed E-state index contributed by atoms with van der Waals surface area (Å²) in [7, 11) is 0. The number of hydrogen-bond donors (Lipinski definition) is 1. The van der Waals surface area contributed by atoms with Gasteiger partial charge in [0.05, 0.1) is 0 Å². The quantitative estimate of drug-likeness (QED) is 0.595. The van der Waals surface area contributed by atoms with Crippen LogP contribution < -0.4 is 10.0 Å². The van der Waals surface area contributed by atoms with Crippen molar-refractivity contribution in [2.24, 2.45) is 5.92 Å². The molecule has 3 rings (SSSR count). The first kappa shape index (κ1) is 20.7. The van der Waals surface area contributed by atoms with Crippen LogP contribution in [0.3, 0.4) is 0 Å². The third-order valence-corrected chi connectivity index (χ3v) is 5.08. The molecule has 1 fully saturated rings. The topological polar surface area (TPSA) is 76.4 Å². The van der Waals surface area contributed by atoms with Crippen LogP contribution >= 0.6 is 0 Å². The number of aromatic nitrogens is 1. The molecule has 2 amide bonds. The van der Waals surface area contributed by atoms with Crippen LogP contribution in [0.15, 0.2) is 42.7 Å². The highest BCUT2D eigenvalue weighted by atomic mass is 19.2. The van der Waals surface area contributed by atoms with Crippen molar-refractivity contribution in [1.82, 2.24) is 10.2 Å². The van der Waals surface area contributed by atoms with E-state index in [0.29, 0.717) is 41.8 Å². The van der Waals surface area contributed by atoms with E-state index in [1.54, 1.807) is 17.0 Å². The molecule has 8 heteroatoms. The summed E-state index contributed by atoms with van der Waals surface area (Å²) in [5.74, 6) is -2.01. The zero-order valence-electron chi connectivity index (χ0n) is 15.9. The van der Waals surface area contributed by atoms with Crippen LogP contribution in [0.4, 0.5) is 8.78 Å². The van der Waals surface area contributed by atoms with Gasteiger partial charge in [-0.1, -0.05) is 6.07 Å². The first-order valence-corrected chi connectivity index (χ1v) is 9.61. The lowest BCUT2D eigenvalue weighted by Crippen LogP contribution is -2.41. The standard InChI is InChI=1S/C21H23F2N3O3/c22-18-7-5-16(11-19(18)23)12-24-20(27)8-6-15-3-1-9-25(13-15)21(28)17-4-2-10-26(29)14-17/h2,4-5,7,10-11,14-15H,1,3,6,8-9,12-13H2,(H,24,27). The predicted octanol–water partition coefficient (Wildman–Crippen LogP) is 2.55. The number of amides is 2. The van der Waals surface area contributed by atoms with Crippen molar-refractivity contribution in [2.75, 3.05) is 13.1 Å². The minimum atomic E-state index is -0.940. The number of carbonyl (C=O) groups is 2. The molecule has 1 aliphatic rings. The van der Waals surface area contributed by atoms with Gasteiger partial charge in [0.1, 0.15) is 5.56 Å². The normalized spacial score (nSPS) is 16.5. The second kappa shape index (κ2) is 9.45. The molecule has 0 saturated carbocycles. The van der Waals surface area contributed by atoms with Crippen molar-refractivity contribution < 1.29 is 23.1 Å². The minimum Gasteiger partial charge on any atom is -0.619 e. The van der Waals surface area contributed by atoms with Gasteiger partial charge in [0, 0.05) is 32.1 Å². The van der Waals surface area contributed by atoms with Gasteiger partial charge in [-0.25, -0.2) is 8.78 Å². The molecule has 1 unspecified atom stereocenters. The molecule has 0 bridgehead atoms. The first-order chi connectivity index (χ1) is 13.9. The number of pyridine rings is 1. The number of benzene rings is 1. The SMILES string of the molecule is O=C(CCC1CCCN(C(=O)c2ccc[n+]([O-])c2)C1)NCc1ccc(F)c(F)c1. The number of likely N-dealkylation sites (tertiary alicyclic amines) is 1. The summed E-state index contributed by atoms with van der Waals surface area (Å²) in [4.78, 5) is 26.4. The Morgan fingerprint density at radius 3 is 2.83 bits per heavy atom. The molecule has 1 aromatic heterocycles. The molecule has 1 N–H and O–H groups in total. The van der Waals surface area contributed by atoms with Crippen molar-refractivity contribution in [3.05, 3.63) is 70.7 Å². The van der Waals surface area contributed by atoms with E-state index in [9.17, 15) is 23.6 Å². The molecule has 1 atom stereocenters. The largest absolute Gasteiger partial charge is 0.619 e. The fourth-order valence-corrected chi connectivity index (χ4v) is 3.52. The summed E-state index contributed by atoms with van der Waals surface area (Å²) in [6.45, 7) is 1.31. The van der Waals surface area contributed by atoms with E-state index >= 15 is 0 Å². The smallest absolute Gasteiger partial charge is 0.259 e. The second-order valence-corrected chi connectivity index (χ2v) is 7.28. The van der Waals surface area contributed by atoms with Gasteiger partial charge in [-0.15, -0.1) is 0 Å². The van der Waals surface area contributed by atoms with E-state index in [1.165, 1.54) is 18.5 Å². The summed E-state index contributed by atoms with van der Waals surface area (Å²) >= 11 is 0. The van der Waals surface area contributed by atoms with Crippen LogP contribution in [0.1, 0.15) is 41.6 Å². The molecule has 1 aliphatic heterocycles. The Balaban J connectivity index is 1.45. The lowest BCUT2D eigenvalue weighted by molar-refractivity contribution is -0.605. The maximum absolute atomic E-state index is 13.2. The second-order valence-electron chi connectivity index (χ2n) is 7.28. The number of halogens is 2. The summed E-state index contributed by atoms with van der Waals surface area (Å²) in [5.41, 5.74) is 0.845. The summed E-state index contributed by atoms with van der Waals surface area (Å²) in [6, 6.07) is 6.68. The monoisotopic (exact) mass is 403 g/mol. The predicted molar refractivity (Wildman–Crippen MR) is 101 cm³/mol. The molecular formula is C21H23F2N3O3. The fourth-order valence-electron chi connectivity index (χ4n) is 3.52. The fraction of sp³-hybridized carbons (Fsp3) is 0.381. The molecule has 1 saturated heterocycles. The zero-order chi connectivity index (χ0) is 20.8. The number of carbonyl (C=O) groups excluding carboxylic acids is 2. The third-order valence-electron chi connectivity index (χ3n) is 5.08. The summed E-state index contributed by atoms with van der Waals surface area (Å²) < 4.78 is 26.7. The maximum atomic E-state index is 13.2. The van der Waals surface area contributed by atoms with Gasteiger partial charge in [-0.2, -0.15) is 4.73 Å². The van der Waals surface area contributed by atoms with Crippen LogP contribution in [0.5, 0.6) is 0 Å². The number of piperidine rings is 1. The van der Waals surface area contributed by atoms with Crippen LogP contribution in [0.25, 0.3) is 0 Å². The van der Waals surface area contributed by atoms with Crippen molar-refractivity contribution in [2.45, 2.75) is 32.2 Å². The number of rotatable bonds is 6. The first-order valence-electron chi connectivity index (χ1n) is 9.61. The average molecular weight is 403 g/mol. The molecule has 29 heavy (non-hydrogen) atoms. The van der Waals surface area contributed by atoms with Gasteiger partial charge in [0.25, 0.3) is 5.91 Å². The molecule has 2 aromatic rings. The van der Waals surface area contributed by atoms with Gasteiger partial charge < -0.3 is 15.4 Å². The highest BCUT2D eigenvalue weighted by Crippen LogP contribution is 2.22. The van der Waals surface area contributed by atoms with E-state index in [0.717, 1.165) is 25.0 Å². The minimum absolute atomic E-state index is 0.133. The van der Waals surface area contributed by atoms with E-state index in [4.69, 9.17) is 0 Å². The molecule has 0 aliphatic carbocycles. The average Bonchev–Trinajstić information content (AvgIpc) is 2.72. The van der Waals surface area contributed by atoms with Crippen molar-refractivity contribution >= 4 is 11.8 Å². The lowest BCUT2D eigenvalue weighted by atomic mass is 9.93. The zero-order valence-corrected chi connectivity index (χ0v) is 15.9. The molecule has 2 heterocycles. The highest BCUT2D eigenvalue weighted by molar-refractivity contribution is 5.93. The van der Waals surface area contributed by atoms with Crippen molar-refractivity contribution in [3.8, 4) is 0 Å². The van der Waals surface area contributed by atoms with Crippen molar-refractivity contribution in [3.63, 3.8) is 0 Å². The van der Waals surface area contributed by atoms with Gasteiger partial charge in [-0.05, 0) is 48.9 Å². The Hall–Kier alpha value is -3.03. The molecule has 0 radical (unpaired) electrons.